The molecule has 0 fully saturated rings. The predicted octanol–water partition coefficient (Wildman–Crippen LogP) is 6.13. The number of halogens is 3. The van der Waals surface area contributed by atoms with Crippen LogP contribution in [0.3, 0.4) is 0 Å². The van der Waals surface area contributed by atoms with E-state index in [1.165, 1.54) is 18.2 Å². The maximum Gasteiger partial charge on any atom is 0.201 e. The monoisotopic (exact) mass is 380 g/mol. The first-order valence-electron chi connectivity index (χ1n) is 9.05. The Labute approximate surface area is 162 Å². The quantitative estimate of drug-likeness (QED) is 0.495. The van der Waals surface area contributed by atoms with Crippen molar-refractivity contribution in [1.29, 1.82) is 0 Å². The SMILES string of the molecule is CCOc1ccc(-c2ccc(C#Cc3ccc(CC)cc3F)cc2)c(F)c1F. The van der Waals surface area contributed by atoms with Gasteiger partial charge in [-0.3, -0.25) is 0 Å². The fraction of sp³-hybridized carbons (Fsp3) is 0.167. The maximum atomic E-state index is 14.3. The number of aryl methyl sites for hydroxylation is 1. The third kappa shape index (κ3) is 4.20. The molecule has 0 atom stereocenters. The molecule has 4 heteroatoms. The van der Waals surface area contributed by atoms with Crippen LogP contribution < -0.4 is 4.74 Å². The van der Waals surface area contributed by atoms with E-state index in [0.717, 1.165) is 12.0 Å². The van der Waals surface area contributed by atoms with E-state index in [9.17, 15) is 13.2 Å². The van der Waals surface area contributed by atoms with Gasteiger partial charge in [-0.25, -0.2) is 8.78 Å². The molecule has 3 aromatic rings. The minimum Gasteiger partial charge on any atom is -0.491 e. The van der Waals surface area contributed by atoms with Crippen LogP contribution in [0, 0.1) is 29.3 Å². The fourth-order valence-corrected chi connectivity index (χ4v) is 2.77. The average Bonchev–Trinajstić information content (AvgIpc) is 2.71. The first-order chi connectivity index (χ1) is 13.5. The van der Waals surface area contributed by atoms with Crippen LogP contribution in [0.2, 0.25) is 0 Å². The molecular weight excluding hydrogens is 361 g/mol. The largest absolute Gasteiger partial charge is 0.491 e. The van der Waals surface area contributed by atoms with E-state index in [1.807, 2.05) is 13.0 Å². The lowest BCUT2D eigenvalue weighted by molar-refractivity contribution is 0.314. The zero-order valence-electron chi connectivity index (χ0n) is 15.7. The van der Waals surface area contributed by atoms with Crippen LogP contribution in [0.1, 0.15) is 30.5 Å². The zero-order chi connectivity index (χ0) is 20.1. The summed E-state index contributed by atoms with van der Waals surface area (Å²) >= 11 is 0. The summed E-state index contributed by atoms with van der Waals surface area (Å²) in [6.45, 7) is 3.92. The van der Waals surface area contributed by atoms with Gasteiger partial charge in [0.05, 0.1) is 12.2 Å². The van der Waals surface area contributed by atoms with Crippen molar-refractivity contribution in [2.24, 2.45) is 0 Å². The molecule has 0 unspecified atom stereocenters. The minimum absolute atomic E-state index is 0.109. The van der Waals surface area contributed by atoms with Crippen LogP contribution in [-0.2, 0) is 6.42 Å². The molecule has 0 saturated carbocycles. The number of rotatable bonds is 4. The highest BCUT2D eigenvalue weighted by Gasteiger charge is 2.15. The van der Waals surface area contributed by atoms with Crippen LogP contribution in [0.5, 0.6) is 5.75 Å². The number of hydrogen-bond acceptors (Lipinski definition) is 1. The van der Waals surface area contributed by atoms with Gasteiger partial charge in [0.25, 0.3) is 0 Å². The highest BCUT2D eigenvalue weighted by atomic mass is 19.2. The van der Waals surface area contributed by atoms with Gasteiger partial charge in [-0.2, -0.15) is 4.39 Å². The highest BCUT2D eigenvalue weighted by Crippen LogP contribution is 2.30. The summed E-state index contributed by atoms with van der Waals surface area (Å²) in [5.41, 5.74) is 2.54. The van der Waals surface area contributed by atoms with E-state index >= 15 is 0 Å². The second-order valence-corrected chi connectivity index (χ2v) is 6.17. The van der Waals surface area contributed by atoms with Gasteiger partial charge in [0.1, 0.15) is 5.82 Å². The molecule has 0 bridgehead atoms. The van der Waals surface area contributed by atoms with E-state index in [2.05, 4.69) is 11.8 Å². The summed E-state index contributed by atoms with van der Waals surface area (Å²) in [5.74, 6) is 3.28. The van der Waals surface area contributed by atoms with Gasteiger partial charge in [-0.15, -0.1) is 0 Å². The van der Waals surface area contributed by atoms with Crippen molar-refractivity contribution in [2.75, 3.05) is 6.61 Å². The highest BCUT2D eigenvalue weighted by molar-refractivity contribution is 5.66. The Morgan fingerprint density at radius 1 is 0.821 bits per heavy atom. The van der Waals surface area contributed by atoms with Crippen molar-refractivity contribution in [3.05, 3.63) is 88.7 Å². The van der Waals surface area contributed by atoms with E-state index in [4.69, 9.17) is 4.74 Å². The van der Waals surface area contributed by atoms with Crippen LogP contribution in [0.4, 0.5) is 13.2 Å². The Hall–Kier alpha value is -3.19. The van der Waals surface area contributed by atoms with Gasteiger partial charge in [0.15, 0.2) is 11.6 Å². The second-order valence-electron chi connectivity index (χ2n) is 6.17. The standard InChI is InChI=1S/C24H19F3O/c1-3-16-5-11-19(21(25)15-16)12-8-17-6-9-18(10-7-17)20-13-14-22(28-4-2)24(27)23(20)26/h5-7,9-11,13-15H,3-4H2,1-2H3. The fourth-order valence-electron chi connectivity index (χ4n) is 2.77. The molecule has 3 rings (SSSR count). The van der Waals surface area contributed by atoms with Crippen molar-refractivity contribution in [1.82, 2.24) is 0 Å². The van der Waals surface area contributed by atoms with Gasteiger partial charge in [0, 0.05) is 11.1 Å². The van der Waals surface area contributed by atoms with Gasteiger partial charge in [-0.05, 0) is 60.9 Å². The summed E-state index contributed by atoms with van der Waals surface area (Å²) in [5, 5.41) is 0. The molecular formula is C24H19F3O. The Morgan fingerprint density at radius 2 is 1.57 bits per heavy atom. The topological polar surface area (TPSA) is 9.23 Å². The summed E-state index contributed by atoms with van der Waals surface area (Å²) in [7, 11) is 0. The number of benzene rings is 3. The molecule has 0 aromatic heterocycles. The summed E-state index contributed by atoms with van der Waals surface area (Å²) in [4.78, 5) is 0. The molecule has 0 spiro atoms. The molecule has 0 N–H and O–H groups in total. The third-order valence-electron chi connectivity index (χ3n) is 4.33. The normalized spacial score (nSPS) is 10.3. The first-order valence-corrected chi connectivity index (χ1v) is 9.05. The molecule has 142 valence electrons. The van der Waals surface area contributed by atoms with Crippen molar-refractivity contribution in [3.63, 3.8) is 0 Å². The van der Waals surface area contributed by atoms with Crippen LogP contribution >= 0.6 is 0 Å². The van der Waals surface area contributed by atoms with Crippen molar-refractivity contribution in [2.45, 2.75) is 20.3 Å². The van der Waals surface area contributed by atoms with Crippen molar-refractivity contribution >= 4 is 0 Å². The molecule has 0 aliphatic rings. The Kier molecular flexibility index (Phi) is 6.06. The second kappa shape index (κ2) is 8.67. The molecule has 1 nitrogen and oxygen atoms in total. The number of hydrogen-bond donors (Lipinski definition) is 0. The summed E-state index contributed by atoms with van der Waals surface area (Å²) < 4.78 is 47.4. The van der Waals surface area contributed by atoms with Gasteiger partial charge >= 0.3 is 0 Å². The van der Waals surface area contributed by atoms with Crippen LogP contribution in [0.15, 0.2) is 54.6 Å². The van der Waals surface area contributed by atoms with Gasteiger partial charge < -0.3 is 4.74 Å². The van der Waals surface area contributed by atoms with E-state index < -0.39 is 11.6 Å². The lowest BCUT2D eigenvalue weighted by atomic mass is 10.0. The van der Waals surface area contributed by atoms with Crippen molar-refractivity contribution < 1.29 is 17.9 Å². The molecule has 0 heterocycles. The molecule has 28 heavy (non-hydrogen) atoms. The zero-order valence-corrected chi connectivity index (χ0v) is 15.7. The van der Waals surface area contributed by atoms with E-state index in [1.54, 1.807) is 37.3 Å². The van der Waals surface area contributed by atoms with Crippen molar-refractivity contribution in [3.8, 4) is 28.7 Å². The lowest BCUT2D eigenvalue weighted by Gasteiger charge is -2.09. The van der Waals surface area contributed by atoms with Crippen LogP contribution in [-0.4, -0.2) is 6.61 Å². The lowest BCUT2D eigenvalue weighted by Crippen LogP contribution is -1.98. The average molecular weight is 380 g/mol. The molecule has 0 saturated heterocycles. The van der Waals surface area contributed by atoms with E-state index in [0.29, 0.717) is 16.7 Å². The maximum absolute atomic E-state index is 14.3. The number of ether oxygens (including phenoxy) is 1. The molecule has 3 aromatic carbocycles. The summed E-state index contributed by atoms with van der Waals surface area (Å²) in [6.07, 6.45) is 0.759. The Morgan fingerprint density at radius 3 is 2.21 bits per heavy atom. The van der Waals surface area contributed by atoms with Gasteiger partial charge in [-0.1, -0.05) is 37.0 Å². The molecule has 0 aliphatic heterocycles. The summed E-state index contributed by atoms with van der Waals surface area (Å²) in [6, 6.07) is 14.6. The molecule has 0 radical (unpaired) electrons. The third-order valence-corrected chi connectivity index (χ3v) is 4.33. The Balaban J connectivity index is 1.84. The Bertz CT molecular complexity index is 1040. The van der Waals surface area contributed by atoms with E-state index in [-0.39, 0.29) is 23.7 Å². The van der Waals surface area contributed by atoms with Crippen LogP contribution in [0.25, 0.3) is 11.1 Å². The molecule has 0 amide bonds. The van der Waals surface area contributed by atoms with Gasteiger partial charge in [0.2, 0.25) is 5.82 Å². The smallest absolute Gasteiger partial charge is 0.201 e. The minimum atomic E-state index is -1.01. The molecule has 0 aliphatic carbocycles. The predicted molar refractivity (Wildman–Crippen MR) is 105 cm³/mol. The first kappa shape index (κ1) is 19.6.